The first-order valence-corrected chi connectivity index (χ1v) is 7.13. The first-order valence-electron chi connectivity index (χ1n) is 6.31. The number of aromatic carboxylic acids is 1. The van der Waals surface area contributed by atoms with Gasteiger partial charge in [-0.15, -0.1) is 11.3 Å². The van der Waals surface area contributed by atoms with Crippen LogP contribution in [0.3, 0.4) is 0 Å². The van der Waals surface area contributed by atoms with E-state index in [1.165, 1.54) is 6.07 Å². The lowest BCUT2D eigenvalue weighted by molar-refractivity contribution is 0.0694. The molecule has 2 heterocycles. The number of carboxylic acid groups (broad SMARTS) is 1. The third kappa shape index (κ3) is 3.13. The second kappa shape index (κ2) is 5.71. The van der Waals surface area contributed by atoms with Crippen molar-refractivity contribution in [2.24, 2.45) is 0 Å². The van der Waals surface area contributed by atoms with E-state index in [1.54, 1.807) is 6.07 Å². The quantitative estimate of drug-likeness (QED) is 0.895. The van der Waals surface area contributed by atoms with Crippen LogP contribution in [-0.4, -0.2) is 59.5 Å². The molecule has 0 radical (unpaired) electrons. The summed E-state index contributed by atoms with van der Waals surface area (Å²) in [5.74, 6) is -1.03. The highest BCUT2D eigenvalue weighted by Crippen LogP contribution is 2.20. The molecule has 2 rings (SSSR count). The van der Waals surface area contributed by atoms with E-state index in [0.29, 0.717) is 4.88 Å². The summed E-state index contributed by atoms with van der Waals surface area (Å²) < 4.78 is 0. The molecule has 1 fully saturated rings. The molecule has 1 aliphatic rings. The number of carbonyl (C=O) groups excluding carboxylic acids is 1. The van der Waals surface area contributed by atoms with Gasteiger partial charge in [0.25, 0.3) is 5.91 Å². The van der Waals surface area contributed by atoms with Crippen molar-refractivity contribution in [1.82, 2.24) is 9.80 Å². The second-order valence-corrected chi connectivity index (χ2v) is 6.02. The molecule has 1 atom stereocenters. The van der Waals surface area contributed by atoms with Gasteiger partial charge in [0.05, 0.1) is 4.88 Å². The van der Waals surface area contributed by atoms with E-state index in [2.05, 4.69) is 11.9 Å². The Morgan fingerprint density at radius 3 is 2.63 bits per heavy atom. The highest BCUT2D eigenvalue weighted by atomic mass is 32.1. The third-order valence-corrected chi connectivity index (χ3v) is 4.40. The molecular formula is C13H18N2O3S. The zero-order chi connectivity index (χ0) is 14.0. The molecule has 1 amide bonds. The molecule has 0 aromatic carbocycles. The average Bonchev–Trinajstić information content (AvgIpc) is 2.77. The number of thiophene rings is 1. The van der Waals surface area contributed by atoms with Crippen LogP contribution >= 0.6 is 11.3 Å². The van der Waals surface area contributed by atoms with Gasteiger partial charge in [0, 0.05) is 19.1 Å². The molecule has 0 spiro atoms. The number of carboxylic acids is 1. The van der Waals surface area contributed by atoms with Gasteiger partial charge in [0.15, 0.2) is 0 Å². The van der Waals surface area contributed by atoms with E-state index < -0.39 is 5.97 Å². The first-order chi connectivity index (χ1) is 8.99. The van der Waals surface area contributed by atoms with Gasteiger partial charge in [0.2, 0.25) is 0 Å². The SMILES string of the molecule is CC1CN(C)CCCN1C(=O)c1ccc(C(=O)O)s1. The fraction of sp³-hybridized carbons (Fsp3) is 0.538. The fourth-order valence-electron chi connectivity index (χ4n) is 2.38. The maximum atomic E-state index is 12.4. The molecule has 1 aromatic rings. The Morgan fingerprint density at radius 2 is 2.00 bits per heavy atom. The molecule has 1 unspecified atom stereocenters. The molecule has 1 N–H and O–H groups in total. The number of rotatable bonds is 2. The van der Waals surface area contributed by atoms with Crippen LogP contribution in [-0.2, 0) is 0 Å². The van der Waals surface area contributed by atoms with E-state index >= 15 is 0 Å². The summed E-state index contributed by atoms with van der Waals surface area (Å²) in [5.41, 5.74) is 0. The van der Waals surface area contributed by atoms with E-state index in [1.807, 2.05) is 11.8 Å². The Hall–Kier alpha value is -1.40. The van der Waals surface area contributed by atoms with Crippen LogP contribution in [0, 0.1) is 0 Å². The molecule has 19 heavy (non-hydrogen) atoms. The lowest BCUT2D eigenvalue weighted by Crippen LogP contribution is -2.41. The van der Waals surface area contributed by atoms with Crippen LogP contribution in [0.1, 0.15) is 32.7 Å². The van der Waals surface area contributed by atoms with Crippen molar-refractivity contribution >= 4 is 23.2 Å². The Balaban J connectivity index is 2.15. The van der Waals surface area contributed by atoms with E-state index in [9.17, 15) is 9.59 Å². The second-order valence-electron chi connectivity index (χ2n) is 4.93. The summed E-state index contributed by atoms with van der Waals surface area (Å²) >= 11 is 1.05. The van der Waals surface area contributed by atoms with E-state index in [-0.39, 0.29) is 16.8 Å². The molecule has 0 bridgehead atoms. The van der Waals surface area contributed by atoms with Gasteiger partial charge in [-0.25, -0.2) is 4.79 Å². The fourth-order valence-corrected chi connectivity index (χ4v) is 3.18. The Labute approximate surface area is 116 Å². The summed E-state index contributed by atoms with van der Waals surface area (Å²) in [6.07, 6.45) is 0.948. The highest BCUT2D eigenvalue weighted by Gasteiger charge is 2.26. The standard InChI is InChI=1S/C13H18N2O3S/c1-9-8-14(2)6-3-7-15(9)12(16)10-4-5-11(19-10)13(17)18/h4-5,9H,3,6-8H2,1-2H3,(H,17,18). The zero-order valence-corrected chi connectivity index (χ0v) is 11.9. The Bertz CT molecular complexity index is 486. The number of nitrogens with zero attached hydrogens (tertiary/aromatic N) is 2. The number of hydrogen-bond acceptors (Lipinski definition) is 4. The van der Waals surface area contributed by atoms with Crippen LogP contribution in [0.5, 0.6) is 0 Å². The van der Waals surface area contributed by atoms with Gasteiger partial charge >= 0.3 is 5.97 Å². The molecule has 5 nitrogen and oxygen atoms in total. The monoisotopic (exact) mass is 282 g/mol. The van der Waals surface area contributed by atoms with Crippen molar-refractivity contribution < 1.29 is 14.7 Å². The van der Waals surface area contributed by atoms with Gasteiger partial charge in [0.1, 0.15) is 4.88 Å². The van der Waals surface area contributed by atoms with Crippen molar-refractivity contribution in [3.8, 4) is 0 Å². The summed E-state index contributed by atoms with van der Waals surface area (Å²) in [4.78, 5) is 28.1. The lowest BCUT2D eigenvalue weighted by atomic mass is 10.2. The Morgan fingerprint density at radius 1 is 1.32 bits per heavy atom. The van der Waals surface area contributed by atoms with Gasteiger partial charge < -0.3 is 14.9 Å². The summed E-state index contributed by atoms with van der Waals surface area (Å²) in [6.45, 7) is 4.60. The number of amides is 1. The minimum Gasteiger partial charge on any atom is -0.477 e. The van der Waals surface area contributed by atoms with Gasteiger partial charge in [-0.05, 0) is 39.1 Å². The van der Waals surface area contributed by atoms with Crippen LogP contribution in [0.4, 0.5) is 0 Å². The largest absolute Gasteiger partial charge is 0.477 e. The van der Waals surface area contributed by atoms with Crippen molar-refractivity contribution in [3.63, 3.8) is 0 Å². The number of likely N-dealkylation sites (N-methyl/N-ethyl adjacent to an activating group) is 1. The average molecular weight is 282 g/mol. The first kappa shape index (κ1) is 14.0. The zero-order valence-electron chi connectivity index (χ0n) is 11.1. The molecular weight excluding hydrogens is 264 g/mol. The van der Waals surface area contributed by atoms with Crippen LogP contribution in [0.25, 0.3) is 0 Å². The minimum atomic E-state index is -0.979. The maximum Gasteiger partial charge on any atom is 0.345 e. The van der Waals surface area contributed by atoms with Gasteiger partial charge in [-0.3, -0.25) is 4.79 Å². The lowest BCUT2D eigenvalue weighted by Gasteiger charge is -2.27. The van der Waals surface area contributed by atoms with Crippen LogP contribution in [0.15, 0.2) is 12.1 Å². The molecule has 0 saturated carbocycles. The highest BCUT2D eigenvalue weighted by molar-refractivity contribution is 7.15. The van der Waals surface area contributed by atoms with Crippen molar-refractivity contribution in [3.05, 3.63) is 21.9 Å². The van der Waals surface area contributed by atoms with Crippen molar-refractivity contribution in [2.45, 2.75) is 19.4 Å². The summed E-state index contributed by atoms with van der Waals surface area (Å²) in [6, 6.07) is 3.25. The molecule has 0 aliphatic carbocycles. The normalized spacial score (nSPS) is 21.2. The van der Waals surface area contributed by atoms with E-state index in [0.717, 1.165) is 37.4 Å². The summed E-state index contributed by atoms with van der Waals surface area (Å²) in [5, 5.41) is 8.90. The number of carbonyl (C=O) groups is 2. The van der Waals surface area contributed by atoms with Crippen LogP contribution in [0.2, 0.25) is 0 Å². The molecule has 6 heteroatoms. The minimum absolute atomic E-state index is 0.0553. The predicted octanol–water partition coefficient (Wildman–Crippen LogP) is 1.61. The Kier molecular flexibility index (Phi) is 4.21. The summed E-state index contributed by atoms with van der Waals surface area (Å²) in [7, 11) is 2.05. The van der Waals surface area contributed by atoms with Crippen molar-refractivity contribution in [2.75, 3.05) is 26.7 Å². The van der Waals surface area contributed by atoms with Crippen molar-refractivity contribution in [1.29, 1.82) is 0 Å². The molecule has 1 saturated heterocycles. The molecule has 104 valence electrons. The molecule has 1 aliphatic heterocycles. The smallest absolute Gasteiger partial charge is 0.345 e. The maximum absolute atomic E-state index is 12.4. The molecule has 1 aromatic heterocycles. The predicted molar refractivity (Wildman–Crippen MR) is 73.9 cm³/mol. The van der Waals surface area contributed by atoms with Gasteiger partial charge in [-0.1, -0.05) is 0 Å². The van der Waals surface area contributed by atoms with E-state index in [4.69, 9.17) is 5.11 Å². The van der Waals surface area contributed by atoms with Gasteiger partial charge in [-0.2, -0.15) is 0 Å². The third-order valence-electron chi connectivity index (χ3n) is 3.34. The van der Waals surface area contributed by atoms with Crippen LogP contribution < -0.4 is 0 Å². The topological polar surface area (TPSA) is 60.9 Å². The number of hydrogen-bond donors (Lipinski definition) is 1.